The lowest BCUT2D eigenvalue weighted by molar-refractivity contribution is -0.568. The molecule has 0 fully saturated rings. The fourth-order valence-corrected chi connectivity index (χ4v) is 11.0. The van der Waals surface area contributed by atoms with Gasteiger partial charge >= 0.3 is 5.65 Å². The zero-order valence-electron chi connectivity index (χ0n) is 49.2. The molecule has 77 heavy (non-hydrogen) atoms. The van der Waals surface area contributed by atoms with Crippen LogP contribution in [0.1, 0.15) is 158 Å². The fraction of sp³-hybridized carbons (Fsp3) is 0.338. The van der Waals surface area contributed by atoms with E-state index in [1.165, 1.54) is 61.0 Å². The molecule has 6 nitrogen and oxygen atoms in total. The molecule has 6 heteroatoms. The van der Waals surface area contributed by atoms with E-state index in [1.807, 2.05) is 24.5 Å². The van der Waals surface area contributed by atoms with Crippen LogP contribution in [0, 0.1) is 0 Å². The van der Waals surface area contributed by atoms with Gasteiger partial charge in [-0.05, 0) is 144 Å². The Morgan fingerprint density at radius 3 is 1.51 bits per heavy atom. The average molecular weight is 1020 g/mol. The van der Waals surface area contributed by atoms with Gasteiger partial charge in [0.1, 0.15) is 34.9 Å². The third kappa shape index (κ3) is 10.1. The monoisotopic (exact) mass is 1020 g/mol. The van der Waals surface area contributed by atoms with Crippen LogP contribution in [0.25, 0.3) is 72.4 Å². The van der Waals surface area contributed by atoms with Crippen LogP contribution in [0.2, 0.25) is 0 Å². The van der Waals surface area contributed by atoms with Crippen molar-refractivity contribution in [2.24, 2.45) is 0 Å². The van der Waals surface area contributed by atoms with Crippen molar-refractivity contribution in [2.75, 3.05) is 0 Å². The third-order valence-corrected chi connectivity index (χ3v) is 15.5. The number of benzene rings is 6. The summed E-state index contributed by atoms with van der Waals surface area (Å²) < 4.78 is 13.8. The molecule has 4 heterocycles. The van der Waals surface area contributed by atoms with Crippen molar-refractivity contribution < 1.29 is 9.30 Å². The highest BCUT2D eigenvalue weighted by Crippen LogP contribution is 2.47. The summed E-state index contributed by atoms with van der Waals surface area (Å²) in [5.74, 6) is 2.36. The molecule has 0 radical (unpaired) electrons. The van der Waals surface area contributed by atoms with Crippen molar-refractivity contribution in [2.45, 2.75) is 157 Å². The molecule has 0 N–H and O–H groups in total. The van der Waals surface area contributed by atoms with Gasteiger partial charge in [-0.3, -0.25) is 4.57 Å². The fourth-order valence-electron chi connectivity index (χ4n) is 11.0. The summed E-state index contributed by atoms with van der Waals surface area (Å²) in [7, 11) is 0. The molecule has 6 aromatic carbocycles. The number of rotatable bonds is 7. The van der Waals surface area contributed by atoms with Gasteiger partial charge in [-0.25, -0.2) is 9.55 Å². The van der Waals surface area contributed by atoms with Crippen molar-refractivity contribution in [3.05, 3.63) is 192 Å². The molecule has 0 bridgehead atoms. The molecule has 394 valence electrons. The molecule has 10 rings (SSSR count). The highest BCUT2D eigenvalue weighted by Gasteiger charge is 2.34. The molecular weight excluding hydrogens is 939 g/mol. The predicted octanol–water partition coefficient (Wildman–Crippen LogP) is 18.7. The maximum absolute atomic E-state index is 6.91. The van der Waals surface area contributed by atoms with E-state index in [2.05, 4.69) is 272 Å². The van der Waals surface area contributed by atoms with Crippen molar-refractivity contribution in [1.29, 1.82) is 0 Å². The minimum Gasteiger partial charge on any atom is -0.457 e. The van der Waals surface area contributed by atoms with Crippen LogP contribution < -0.4 is 9.30 Å². The Kier molecular flexibility index (Phi) is 12.9. The highest BCUT2D eigenvalue weighted by atomic mass is 16.5. The predicted molar refractivity (Wildman–Crippen MR) is 324 cm³/mol. The molecule has 4 aromatic heterocycles. The molecule has 10 aromatic rings. The zero-order valence-corrected chi connectivity index (χ0v) is 49.2. The molecular formula is C71H80N5O+. The Morgan fingerprint density at radius 2 is 0.922 bits per heavy atom. The largest absolute Gasteiger partial charge is 0.457 e. The van der Waals surface area contributed by atoms with E-state index in [-0.39, 0.29) is 32.5 Å². The van der Waals surface area contributed by atoms with Crippen LogP contribution >= 0.6 is 0 Å². The van der Waals surface area contributed by atoms with Crippen molar-refractivity contribution in [3.8, 4) is 50.9 Å². The van der Waals surface area contributed by atoms with Crippen LogP contribution in [0.4, 0.5) is 0 Å². The maximum atomic E-state index is 6.91. The number of pyridine rings is 2. The Morgan fingerprint density at radius 1 is 0.390 bits per heavy atom. The van der Waals surface area contributed by atoms with E-state index in [0.29, 0.717) is 0 Å². The quantitative estimate of drug-likeness (QED) is 0.150. The minimum atomic E-state index is -0.165. The summed E-state index contributed by atoms with van der Waals surface area (Å²) >= 11 is 0. The van der Waals surface area contributed by atoms with E-state index < -0.39 is 0 Å². The number of fused-ring (bicyclic) bond motifs is 4. The number of nitrogens with zero attached hydrogens (tertiary/aromatic N) is 5. The summed E-state index contributed by atoms with van der Waals surface area (Å²) in [5, 5.41) is 2.32. The SMILES string of the molecule is CC(C)(C)c1ccnc(-n2c3ccccc3c3ccc(Oc4cccc(-n5c[n+](-c6c(-c7cc(C(C)(C)C)ccc7C(C)(C)C)cc(C(C)(C)C)cc6-c6cc(C(C)(C)C)ccc6C(C)(C)C)c6ncccc65)c4)cc32)c1. The van der Waals surface area contributed by atoms with Gasteiger partial charge in [0.15, 0.2) is 5.52 Å². The highest BCUT2D eigenvalue weighted by molar-refractivity contribution is 6.09. The number of hydrogen-bond acceptors (Lipinski definition) is 3. The lowest BCUT2D eigenvalue weighted by atomic mass is 9.74. The summed E-state index contributed by atoms with van der Waals surface area (Å²) in [5.41, 5.74) is 18.0. The topological polar surface area (TPSA) is 48.8 Å². The van der Waals surface area contributed by atoms with E-state index in [4.69, 9.17) is 14.7 Å². The van der Waals surface area contributed by atoms with Gasteiger partial charge in [0.05, 0.1) is 11.0 Å². The second-order valence-electron chi connectivity index (χ2n) is 27.7. The number of para-hydroxylation sites is 1. The third-order valence-electron chi connectivity index (χ3n) is 15.5. The van der Waals surface area contributed by atoms with Gasteiger partial charge in [0, 0.05) is 40.2 Å². The maximum Gasteiger partial charge on any atom is 0.307 e. The summed E-state index contributed by atoms with van der Waals surface area (Å²) in [6, 6.07) is 51.4. The zero-order chi connectivity index (χ0) is 55.4. The van der Waals surface area contributed by atoms with E-state index in [1.54, 1.807) is 0 Å². The van der Waals surface area contributed by atoms with Crippen LogP contribution in [-0.4, -0.2) is 19.1 Å². The normalized spacial score (nSPS) is 13.1. The second-order valence-corrected chi connectivity index (χ2v) is 27.7. The molecule has 0 amide bonds. The summed E-state index contributed by atoms with van der Waals surface area (Å²) in [6.07, 6.45) is 6.11. The molecule has 0 aliphatic rings. The Labute approximate surface area is 458 Å². The molecule has 0 unspecified atom stereocenters. The number of ether oxygens (including phenoxy) is 1. The first-order chi connectivity index (χ1) is 36.0. The van der Waals surface area contributed by atoms with E-state index >= 15 is 0 Å². The van der Waals surface area contributed by atoms with Gasteiger partial charge in [-0.2, -0.15) is 4.57 Å². The van der Waals surface area contributed by atoms with Crippen molar-refractivity contribution in [3.63, 3.8) is 0 Å². The Bertz CT molecular complexity index is 3800. The summed E-state index contributed by atoms with van der Waals surface area (Å²) in [6.45, 7) is 41.8. The molecule has 0 saturated carbocycles. The van der Waals surface area contributed by atoms with Crippen molar-refractivity contribution >= 4 is 33.0 Å². The van der Waals surface area contributed by atoms with E-state index in [0.717, 1.165) is 56.3 Å². The number of hydrogen-bond donors (Lipinski definition) is 0. The van der Waals surface area contributed by atoms with Gasteiger partial charge in [0.2, 0.25) is 6.33 Å². The van der Waals surface area contributed by atoms with Crippen LogP contribution in [0.5, 0.6) is 11.5 Å². The molecule has 0 atom stereocenters. The Hall–Kier alpha value is -7.31. The second kappa shape index (κ2) is 18.7. The van der Waals surface area contributed by atoms with Crippen LogP contribution in [0.3, 0.4) is 0 Å². The van der Waals surface area contributed by atoms with Gasteiger partial charge in [-0.15, -0.1) is 4.98 Å². The van der Waals surface area contributed by atoms with Gasteiger partial charge in [-0.1, -0.05) is 185 Å². The smallest absolute Gasteiger partial charge is 0.307 e. The summed E-state index contributed by atoms with van der Waals surface area (Å²) in [4.78, 5) is 10.2. The number of imidazole rings is 1. The lowest BCUT2D eigenvalue weighted by Crippen LogP contribution is -2.33. The lowest BCUT2D eigenvalue weighted by Gasteiger charge is -2.31. The van der Waals surface area contributed by atoms with Crippen LogP contribution in [-0.2, 0) is 32.5 Å². The first kappa shape index (κ1) is 53.1. The Balaban J connectivity index is 1.21. The van der Waals surface area contributed by atoms with E-state index in [9.17, 15) is 0 Å². The van der Waals surface area contributed by atoms with Gasteiger partial charge < -0.3 is 4.74 Å². The first-order valence-corrected chi connectivity index (χ1v) is 27.6. The molecule has 0 aliphatic heterocycles. The average Bonchev–Trinajstić information content (AvgIpc) is 3.98. The number of aromatic nitrogens is 5. The van der Waals surface area contributed by atoms with Crippen LogP contribution in [0.15, 0.2) is 158 Å². The minimum absolute atomic E-state index is 0.0285. The first-order valence-electron chi connectivity index (χ1n) is 27.6. The molecule has 0 spiro atoms. The molecule has 0 saturated heterocycles. The standard InChI is InChI=1S/C71H80N5O/c1-66(2,3)45-28-32-58(70(13,14)15)54(37-45)56-39-48(69(10,11)12)40-57(55-38-46(67(4,5)6)29-33-59(55)71(16,17)18)64(56)75-44-74(61-27-22-35-73-65(61)75)49-23-21-24-50(42-49)77-51-30-31-53-52-25-19-20-26-60(52)76(62(53)43-51)63-41-47(34-36-72-63)68(7,8)9/h19-44H,1-18H3/q+1. The molecule has 0 aliphatic carbocycles. The van der Waals surface area contributed by atoms with Gasteiger partial charge in [0.25, 0.3) is 0 Å². The van der Waals surface area contributed by atoms with Crippen molar-refractivity contribution in [1.82, 2.24) is 19.1 Å².